The van der Waals surface area contributed by atoms with Crippen LogP contribution in [0.1, 0.15) is 58.4 Å². The number of hydrogen-bond acceptors (Lipinski definition) is 7. The molecule has 2 aromatic heterocycles. The maximum atomic E-state index is 12.8. The molecule has 200 valence electrons. The fourth-order valence-electron chi connectivity index (χ4n) is 3.71. The highest BCUT2D eigenvalue weighted by molar-refractivity contribution is 6.02. The molecule has 2 N–H and O–H groups in total. The van der Waals surface area contributed by atoms with E-state index in [4.69, 9.17) is 9.72 Å². The first kappa shape index (κ1) is 27.0. The number of fused-ring (bicyclic) bond motifs is 2. The summed E-state index contributed by atoms with van der Waals surface area (Å²) in [5, 5.41) is 6.13. The molecule has 38 heavy (non-hydrogen) atoms. The van der Waals surface area contributed by atoms with Gasteiger partial charge in [0.05, 0.1) is 11.9 Å². The van der Waals surface area contributed by atoms with Crippen LogP contribution in [0.5, 0.6) is 0 Å². The number of amides is 3. The summed E-state index contributed by atoms with van der Waals surface area (Å²) in [6.45, 7) is 11.7. The van der Waals surface area contributed by atoms with Gasteiger partial charge in [-0.05, 0) is 17.2 Å². The molecule has 10 nitrogen and oxygen atoms in total. The molecule has 0 atom stereocenters. The maximum Gasteiger partial charge on any atom is 0.410 e. The van der Waals surface area contributed by atoms with E-state index in [0.717, 1.165) is 16.8 Å². The van der Waals surface area contributed by atoms with Crippen LogP contribution in [0.15, 0.2) is 36.4 Å². The van der Waals surface area contributed by atoms with Crippen LogP contribution in [-0.4, -0.2) is 44.3 Å². The Balaban J connectivity index is 1.63. The van der Waals surface area contributed by atoms with Crippen molar-refractivity contribution in [2.75, 3.05) is 17.2 Å². The summed E-state index contributed by atoms with van der Waals surface area (Å²) in [4.78, 5) is 53.5. The van der Waals surface area contributed by atoms with E-state index in [2.05, 4.69) is 20.6 Å². The number of nitrogens with zero attached hydrogens (tertiary/aromatic N) is 4. The van der Waals surface area contributed by atoms with Gasteiger partial charge in [0.1, 0.15) is 12.4 Å². The molecule has 0 unspecified atom stereocenters. The molecule has 1 aliphatic heterocycles. The number of carbonyl (C=O) groups excluding carboxylic acids is 3. The Morgan fingerprint density at radius 1 is 0.921 bits per heavy atom. The molecule has 1 aliphatic rings. The molecule has 0 saturated heterocycles. The van der Waals surface area contributed by atoms with E-state index in [1.807, 2.05) is 36.4 Å². The Kier molecular flexibility index (Phi) is 7.35. The zero-order chi connectivity index (χ0) is 27.7. The first-order valence-corrected chi connectivity index (χ1v) is 12.6. The van der Waals surface area contributed by atoms with Crippen LogP contribution < -0.4 is 10.6 Å². The number of hydrogen-bond donors (Lipinski definition) is 2. The van der Waals surface area contributed by atoms with Crippen molar-refractivity contribution in [3.63, 3.8) is 0 Å². The lowest BCUT2D eigenvalue weighted by molar-refractivity contribution is -0.123. The number of ether oxygens (including phenoxy) is 1. The zero-order valence-corrected chi connectivity index (χ0v) is 22.7. The second-order valence-electron chi connectivity index (χ2n) is 11.5. The van der Waals surface area contributed by atoms with Crippen LogP contribution in [-0.2, 0) is 33.9 Å². The van der Waals surface area contributed by atoms with Gasteiger partial charge in [-0.15, -0.1) is 0 Å². The van der Waals surface area contributed by atoms with Gasteiger partial charge in [-0.3, -0.25) is 14.9 Å². The van der Waals surface area contributed by atoms with E-state index in [-0.39, 0.29) is 30.2 Å². The Labute approximate surface area is 222 Å². The predicted molar refractivity (Wildman–Crippen MR) is 144 cm³/mol. The number of carbonyl (C=O) groups is 3. The average Bonchev–Trinajstić information content (AvgIpc) is 2.85. The van der Waals surface area contributed by atoms with Gasteiger partial charge in [-0.25, -0.2) is 9.78 Å². The minimum absolute atomic E-state index is 0.0657. The summed E-state index contributed by atoms with van der Waals surface area (Å²) in [6, 6.07) is 11.4. The van der Waals surface area contributed by atoms with Crippen molar-refractivity contribution in [1.29, 1.82) is 0 Å². The SMILES string of the molecule is CC(C)(C)C(=O)Nc1nc(NC(=O)C(C)(C)C)c2cc3c(nc2n1)CCN(C(=O)OCc1ccccc1)C3. The molecular weight excluding hydrogens is 484 g/mol. The van der Waals surface area contributed by atoms with Crippen molar-refractivity contribution in [2.24, 2.45) is 10.8 Å². The van der Waals surface area contributed by atoms with Crippen LogP contribution >= 0.6 is 0 Å². The van der Waals surface area contributed by atoms with Crippen LogP contribution in [0.4, 0.5) is 16.6 Å². The van der Waals surface area contributed by atoms with E-state index in [1.165, 1.54) is 0 Å². The van der Waals surface area contributed by atoms with Crippen molar-refractivity contribution in [3.05, 3.63) is 53.2 Å². The van der Waals surface area contributed by atoms with E-state index in [9.17, 15) is 14.4 Å². The smallest absolute Gasteiger partial charge is 0.410 e. The van der Waals surface area contributed by atoms with E-state index in [0.29, 0.717) is 30.5 Å². The number of nitrogens with one attached hydrogen (secondary N) is 2. The predicted octanol–water partition coefficient (Wildman–Crippen LogP) is 4.69. The zero-order valence-electron chi connectivity index (χ0n) is 22.7. The van der Waals surface area contributed by atoms with Crippen molar-refractivity contribution in [3.8, 4) is 0 Å². The third-order valence-electron chi connectivity index (χ3n) is 6.12. The highest BCUT2D eigenvalue weighted by Gasteiger charge is 2.28. The van der Waals surface area contributed by atoms with Gasteiger partial charge >= 0.3 is 6.09 Å². The quantitative estimate of drug-likeness (QED) is 0.513. The lowest BCUT2D eigenvalue weighted by Crippen LogP contribution is -2.36. The minimum atomic E-state index is -0.674. The van der Waals surface area contributed by atoms with E-state index < -0.39 is 16.9 Å². The third kappa shape index (κ3) is 6.24. The monoisotopic (exact) mass is 518 g/mol. The second kappa shape index (κ2) is 10.4. The normalized spacial score (nSPS) is 13.6. The van der Waals surface area contributed by atoms with Gasteiger partial charge < -0.3 is 15.0 Å². The summed E-state index contributed by atoms with van der Waals surface area (Å²) >= 11 is 0. The highest BCUT2D eigenvalue weighted by atomic mass is 16.6. The van der Waals surface area contributed by atoms with Crippen LogP contribution in [0.2, 0.25) is 0 Å². The topological polar surface area (TPSA) is 126 Å². The molecule has 0 bridgehead atoms. The van der Waals surface area contributed by atoms with Crippen LogP contribution in [0, 0.1) is 10.8 Å². The maximum absolute atomic E-state index is 12.8. The first-order valence-electron chi connectivity index (χ1n) is 12.6. The number of aromatic nitrogens is 3. The number of benzene rings is 1. The van der Waals surface area contributed by atoms with Crippen molar-refractivity contribution >= 4 is 40.7 Å². The molecule has 3 heterocycles. The van der Waals surface area contributed by atoms with Crippen LogP contribution in [0.25, 0.3) is 11.0 Å². The van der Waals surface area contributed by atoms with Gasteiger partial charge in [-0.1, -0.05) is 71.9 Å². The Hall–Kier alpha value is -4.08. The molecule has 1 aromatic carbocycles. The van der Waals surface area contributed by atoms with Gasteiger partial charge in [0.15, 0.2) is 5.65 Å². The fourth-order valence-corrected chi connectivity index (χ4v) is 3.71. The summed E-state index contributed by atoms with van der Waals surface area (Å²) in [5.74, 6) is -0.184. The molecular formula is C28H34N6O4. The molecule has 3 aromatic rings. The van der Waals surface area contributed by atoms with Gasteiger partial charge in [-0.2, -0.15) is 9.97 Å². The average molecular weight is 519 g/mol. The fraction of sp³-hybridized carbons (Fsp3) is 0.429. The summed E-state index contributed by atoms with van der Waals surface area (Å²) in [5.41, 5.74) is 1.55. The molecule has 10 heteroatoms. The largest absolute Gasteiger partial charge is 0.445 e. The Bertz CT molecular complexity index is 1380. The second-order valence-corrected chi connectivity index (χ2v) is 11.5. The first-order chi connectivity index (χ1) is 17.8. The number of anilines is 2. The van der Waals surface area contributed by atoms with Crippen molar-refractivity contribution < 1.29 is 19.1 Å². The Morgan fingerprint density at radius 2 is 1.58 bits per heavy atom. The summed E-state index contributed by atoms with van der Waals surface area (Å²) in [7, 11) is 0. The number of pyridine rings is 1. The minimum Gasteiger partial charge on any atom is -0.445 e. The number of rotatable bonds is 4. The molecule has 3 amide bonds. The van der Waals surface area contributed by atoms with E-state index >= 15 is 0 Å². The standard InChI is InChI=1S/C28H34N6O4/c1-27(2,3)23(35)30-22-19-14-18-15-34(26(37)38-16-17-10-8-7-9-11-17)13-12-20(18)29-21(19)31-25(32-22)33-24(36)28(4,5)6/h7-11,14H,12-13,15-16H2,1-6H3,(H2,29,30,31,32,33,35,36). The molecule has 0 aliphatic carbocycles. The lowest BCUT2D eigenvalue weighted by Gasteiger charge is -2.28. The van der Waals surface area contributed by atoms with Gasteiger partial charge in [0.25, 0.3) is 0 Å². The summed E-state index contributed by atoms with van der Waals surface area (Å²) in [6.07, 6.45) is 0.112. The van der Waals surface area contributed by atoms with Gasteiger partial charge in [0.2, 0.25) is 17.8 Å². The molecule has 4 rings (SSSR count). The third-order valence-corrected chi connectivity index (χ3v) is 6.12. The molecule has 0 fully saturated rings. The van der Waals surface area contributed by atoms with Crippen molar-refractivity contribution in [2.45, 2.75) is 61.1 Å². The van der Waals surface area contributed by atoms with E-state index in [1.54, 1.807) is 46.4 Å². The molecule has 0 spiro atoms. The van der Waals surface area contributed by atoms with Crippen molar-refractivity contribution in [1.82, 2.24) is 19.9 Å². The lowest BCUT2D eigenvalue weighted by atomic mass is 9.95. The molecule has 0 saturated carbocycles. The molecule has 0 radical (unpaired) electrons. The highest BCUT2D eigenvalue weighted by Crippen LogP contribution is 2.29. The summed E-state index contributed by atoms with van der Waals surface area (Å²) < 4.78 is 5.51. The van der Waals surface area contributed by atoms with Gasteiger partial charge in [0, 0.05) is 29.5 Å². The van der Waals surface area contributed by atoms with Crippen LogP contribution in [0.3, 0.4) is 0 Å². The Morgan fingerprint density at radius 3 is 2.24 bits per heavy atom.